The number of anilines is 2. The smallest absolute Gasteiger partial charge is 0.244 e. The summed E-state index contributed by atoms with van der Waals surface area (Å²) in [5, 5.41) is 9.85. The van der Waals surface area contributed by atoms with Gasteiger partial charge in [-0.15, -0.1) is 0 Å². The summed E-state index contributed by atoms with van der Waals surface area (Å²) < 4.78 is 25.5. The molecule has 3 N–H and O–H groups in total. The maximum atomic E-state index is 12.2. The van der Waals surface area contributed by atoms with Gasteiger partial charge in [-0.3, -0.25) is 0 Å². The van der Waals surface area contributed by atoms with Gasteiger partial charge in [0.2, 0.25) is 10.0 Å². The number of rotatable bonds is 5. The molecule has 0 aliphatic heterocycles. The zero-order valence-corrected chi connectivity index (χ0v) is 13.4. The fourth-order valence-corrected chi connectivity index (χ4v) is 2.98. The average Bonchev–Trinajstić information content (AvgIpc) is 2.26. The van der Waals surface area contributed by atoms with Crippen molar-refractivity contribution in [3.05, 3.63) is 18.2 Å². The van der Waals surface area contributed by atoms with Crippen molar-refractivity contribution < 1.29 is 13.5 Å². The third-order valence-corrected chi connectivity index (χ3v) is 4.71. The highest BCUT2D eigenvalue weighted by Crippen LogP contribution is 2.30. The first-order valence-corrected chi connectivity index (χ1v) is 7.65. The van der Waals surface area contributed by atoms with Crippen LogP contribution in [0.3, 0.4) is 0 Å². The molecule has 1 rings (SSSR count). The van der Waals surface area contributed by atoms with E-state index < -0.39 is 15.6 Å². The molecule has 1 aromatic rings. The van der Waals surface area contributed by atoms with Crippen LogP contribution in [-0.4, -0.2) is 51.1 Å². The fourth-order valence-electron chi connectivity index (χ4n) is 1.95. The second-order valence-corrected chi connectivity index (χ2v) is 7.77. The van der Waals surface area contributed by atoms with Crippen LogP contribution in [0.2, 0.25) is 0 Å². The Morgan fingerprint density at radius 1 is 1.25 bits per heavy atom. The number of nitrogen functional groups attached to an aromatic ring is 1. The third-order valence-electron chi connectivity index (χ3n) is 2.84. The molecule has 114 valence electrons. The van der Waals surface area contributed by atoms with E-state index in [1.54, 1.807) is 37.9 Å². The Morgan fingerprint density at radius 2 is 1.80 bits per heavy atom. The van der Waals surface area contributed by atoms with Crippen LogP contribution in [0, 0.1) is 0 Å². The molecule has 0 spiro atoms. The van der Waals surface area contributed by atoms with E-state index in [2.05, 4.69) is 0 Å². The first-order valence-electron chi connectivity index (χ1n) is 6.21. The van der Waals surface area contributed by atoms with Gasteiger partial charge in [0.1, 0.15) is 4.90 Å². The number of para-hydroxylation sites is 1. The number of nitrogens with two attached hydrogens (primary N) is 1. The SMILES string of the molecule is CN(CC(C)(C)O)c1cccc(S(=O)(=O)N(C)C)c1N. The first kappa shape index (κ1) is 16.7. The molecule has 0 saturated carbocycles. The Kier molecular flexibility index (Phi) is 4.68. The monoisotopic (exact) mass is 301 g/mol. The number of likely N-dealkylation sites (N-methyl/N-ethyl adjacent to an activating group) is 1. The Morgan fingerprint density at radius 3 is 2.25 bits per heavy atom. The van der Waals surface area contributed by atoms with Gasteiger partial charge < -0.3 is 15.7 Å². The molecule has 0 amide bonds. The Labute approximate surface area is 120 Å². The fraction of sp³-hybridized carbons (Fsp3) is 0.538. The number of hydrogen-bond donors (Lipinski definition) is 2. The highest BCUT2D eigenvalue weighted by Gasteiger charge is 2.24. The second kappa shape index (κ2) is 5.59. The lowest BCUT2D eigenvalue weighted by molar-refractivity contribution is 0.0886. The molecule has 0 fully saturated rings. The quantitative estimate of drug-likeness (QED) is 0.783. The highest BCUT2D eigenvalue weighted by atomic mass is 32.2. The van der Waals surface area contributed by atoms with Gasteiger partial charge in [-0.25, -0.2) is 12.7 Å². The molecule has 0 aromatic heterocycles. The van der Waals surface area contributed by atoms with Crippen LogP contribution in [-0.2, 0) is 10.0 Å². The van der Waals surface area contributed by atoms with Crippen molar-refractivity contribution in [2.75, 3.05) is 38.3 Å². The topological polar surface area (TPSA) is 86.9 Å². The van der Waals surface area contributed by atoms with Gasteiger partial charge in [-0.05, 0) is 26.0 Å². The van der Waals surface area contributed by atoms with Gasteiger partial charge in [-0.1, -0.05) is 6.07 Å². The normalized spacial score (nSPS) is 12.8. The van der Waals surface area contributed by atoms with Crippen molar-refractivity contribution in [2.45, 2.75) is 24.3 Å². The van der Waals surface area contributed by atoms with Gasteiger partial charge in [0.25, 0.3) is 0 Å². The van der Waals surface area contributed by atoms with Crippen LogP contribution in [0.1, 0.15) is 13.8 Å². The van der Waals surface area contributed by atoms with Gasteiger partial charge >= 0.3 is 0 Å². The van der Waals surface area contributed by atoms with Crippen LogP contribution in [0.25, 0.3) is 0 Å². The van der Waals surface area contributed by atoms with Crippen molar-refractivity contribution in [3.8, 4) is 0 Å². The third kappa shape index (κ3) is 3.62. The zero-order chi connectivity index (χ0) is 15.7. The second-order valence-electron chi connectivity index (χ2n) is 5.64. The van der Waals surface area contributed by atoms with Crippen LogP contribution < -0.4 is 10.6 Å². The summed E-state index contributed by atoms with van der Waals surface area (Å²) in [5.41, 5.74) is 5.86. The van der Waals surface area contributed by atoms with E-state index in [-0.39, 0.29) is 10.6 Å². The molecule has 1 aromatic carbocycles. The van der Waals surface area contributed by atoms with Crippen molar-refractivity contribution in [2.24, 2.45) is 0 Å². The van der Waals surface area contributed by atoms with Crippen molar-refractivity contribution >= 4 is 21.4 Å². The largest absolute Gasteiger partial charge is 0.396 e. The Hall–Kier alpha value is -1.31. The number of hydrogen-bond acceptors (Lipinski definition) is 5. The number of sulfonamides is 1. The van der Waals surface area contributed by atoms with E-state index in [0.29, 0.717) is 12.2 Å². The van der Waals surface area contributed by atoms with E-state index in [0.717, 1.165) is 4.31 Å². The minimum atomic E-state index is -3.59. The van der Waals surface area contributed by atoms with Gasteiger partial charge in [0.05, 0.1) is 17.0 Å². The predicted octanol–water partition coefficient (Wildman–Crippen LogP) is 0.726. The molecule has 0 radical (unpaired) electrons. The van der Waals surface area contributed by atoms with E-state index in [1.165, 1.54) is 20.2 Å². The molecule has 0 saturated heterocycles. The van der Waals surface area contributed by atoms with Gasteiger partial charge in [-0.2, -0.15) is 0 Å². The lowest BCUT2D eigenvalue weighted by Gasteiger charge is -2.29. The molecule has 0 unspecified atom stereocenters. The van der Waals surface area contributed by atoms with Crippen LogP contribution in [0.4, 0.5) is 11.4 Å². The van der Waals surface area contributed by atoms with Crippen LogP contribution >= 0.6 is 0 Å². The summed E-state index contributed by atoms with van der Waals surface area (Å²) in [6, 6.07) is 4.85. The lowest BCUT2D eigenvalue weighted by Crippen LogP contribution is -2.36. The predicted molar refractivity (Wildman–Crippen MR) is 81.3 cm³/mol. The summed E-state index contributed by atoms with van der Waals surface area (Å²) in [5.74, 6) is 0. The first-order chi connectivity index (χ1) is 8.97. The standard InChI is InChI=1S/C13H23N3O3S/c1-13(2,17)9-16(5)10-7-6-8-11(12(10)14)20(18,19)15(3)4/h6-8,17H,9,14H2,1-5H3. The molecule has 6 nitrogen and oxygen atoms in total. The maximum absolute atomic E-state index is 12.2. The summed E-state index contributed by atoms with van der Waals surface area (Å²) in [6.45, 7) is 3.70. The molecule has 0 heterocycles. The number of nitrogens with zero attached hydrogens (tertiary/aromatic N) is 2. The van der Waals surface area contributed by atoms with Crippen molar-refractivity contribution in [1.29, 1.82) is 0 Å². The van der Waals surface area contributed by atoms with Crippen LogP contribution in [0.5, 0.6) is 0 Å². The van der Waals surface area contributed by atoms with E-state index in [4.69, 9.17) is 5.73 Å². The molecular weight excluding hydrogens is 278 g/mol. The Bertz CT molecular complexity index is 577. The summed E-state index contributed by atoms with van der Waals surface area (Å²) in [7, 11) is 1.09. The minimum Gasteiger partial charge on any atom is -0.396 e. The van der Waals surface area contributed by atoms with Gasteiger partial charge in [0, 0.05) is 27.7 Å². The van der Waals surface area contributed by atoms with Crippen molar-refractivity contribution in [1.82, 2.24) is 4.31 Å². The number of benzene rings is 1. The molecule has 0 atom stereocenters. The maximum Gasteiger partial charge on any atom is 0.244 e. The van der Waals surface area contributed by atoms with Crippen molar-refractivity contribution in [3.63, 3.8) is 0 Å². The number of aliphatic hydroxyl groups is 1. The molecule has 0 aliphatic carbocycles. The molecule has 0 aliphatic rings. The summed E-state index contributed by atoms with van der Waals surface area (Å²) >= 11 is 0. The van der Waals surface area contributed by atoms with E-state index in [9.17, 15) is 13.5 Å². The average molecular weight is 301 g/mol. The molecule has 20 heavy (non-hydrogen) atoms. The van der Waals surface area contributed by atoms with E-state index in [1.807, 2.05) is 0 Å². The lowest BCUT2D eigenvalue weighted by atomic mass is 10.1. The molecule has 7 heteroatoms. The molecule has 0 bridgehead atoms. The highest BCUT2D eigenvalue weighted by molar-refractivity contribution is 7.89. The minimum absolute atomic E-state index is 0.0718. The summed E-state index contributed by atoms with van der Waals surface area (Å²) in [4.78, 5) is 1.81. The Balaban J connectivity index is 3.27. The van der Waals surface area contributed by atoms with Gasteiger partial charge in [0.15, 0.2) is 0 Å². The zero-order valence-electron chi connectivity index (χ0n) is 12.6. The van der Waals surface area contributed by atoms with Crippen LogP contribution in [0.15, 0.2) is 23.1 Å². The summed E-state index contributed by atoms with van der Waals surface area (Å²) in [6.07, 6.45) is 0. The van der Waals surface area contributed by atoms with E-state index >= 15 is 0 Å². The molecular formula is C13H23N3O3S.